The molecular formula is C28H28F3N5O3S2. The second-order valence-electron chi connectivity index (χ2n) is 10.6. The van der Waals surface area contributed by atoms with Crippen LogP contribution in [0.2, 0.25) is 0 Å². The van der Waals surface area contributed by atoms with Crippen LogP contribution in [0.25, 0.3) is 10.6 Å². The molecule has 4 aliphatic rings. The number of fused-ring (bicyclic) bond motifs is 2. The lowest BCUT2D eigenvalue weighted by atomic mass is 9.93. The van der Waals surface area contributed by atoms with Gasteiger partial charge >= 0.3 is 6.18 Å². The Bertz CT molecular complexity index is 1520. The third-order valence-corrected chi connectivity index (χ3v) is 10.2. The van der Waals surface area contributed by atoms with Crippen LogP contribution < -0.4 is 15.4 Å². The van der Waals surface area contributed by atoms with E-state index in [2.05, 4.69) is 26.7 Å². The number of benzene rings is 1. The number of carbonyl (C=O) groups is 1. The highest BCUT2D eigenvalue weighted by Gasteiger charge is 2.39. The molecule has 0 unspecified atom stereocenters. The minimum Gasteiger partial charge on any atom is -0.496 e. The molecule has 8 nitrogen and oxygen atoms in total. The number of halogens is 3. The number of thioether (sulfide) groups is 1. The van der Waals surface area contributed by atoms with Gasteiger partial charge in [0.15, 0.2) is 0 Å². The molecule has 0 spiro atoms. The van der Waals surface area contributed by atoms with Gasteiger partial charge < -0.3 is 25.0 Å². The first-order chi connectivity index (χ1) is 19.8. The van der Waals surface area contributed by atoms with E-state index in [0.717, 1.165) is 71.5 Å². The number of amides is 1. The molecule has 41 heavy (non-hydrogen) atoms. The van der Waals surface area contributed by atoms with Gasteiger partial charge in [-0.2, -0.15) is 13.2 Å². The molecule has 2 aromatic heterocycles. The SMILES string of the molecule is COc1c2c(cc(Nc3ncc(C(F)(F)F)c(-c4cc5c(s4)C(=O)N(C4COC4)CCS5)n3)c1C1CC1)CCNC2. The van der Waals surface area contributed by atoms with E-state index in [4.69, 9.17) is 9.47 Å². The zero-order chi connectivity index (χ0) is 28.3. The molecule has 216 valence electrons. The van der Waals surface area contributed by atoms with E-state index >= 15 is 0 Å². The summed E-state index contributed by atoms with van der Waals surface area (Å²) in [7, 11) is 1.66. The van der Waals surface area contributed by atoms with Crippen molar-refractivity contribution in [3.63, 3.8) is 0 Å². The van der Waals surface area contributed by atoms with Crippen LogP contribution in [0.4, 0.5) is 24.8 Å². The van der Waals surface area contributed by atoms with Crippen molar-refractivity contribution in [3.8, 4) is 16.3 Å². The molecular weight excluding hydrogens is 575 g/mol. The average Bonchev–Trinajstić information content (AvgIpc) is 3.69. The first-order valence-corrected chi connectivity index (χ1v) is 15.4. The van der Waals surface area contributed by atoms with Gasteiger partial charge in [-0.3, -0.25) is 4.79 Å². The standard InChI is InChI=1S/C28H28F3N5O3S2/c1-38-24-17-10-32-5-4-15(17)8-19(22(24)14-2-3-14)34-27-33-11-18(28(29,30)31)23(35-27)20-9-21-25(41-20)26(37)36(6-7-40-21)16-12-39-13-16/h8-9,11,14,16,32H,2-7,10,12-13H2,1H3,(H,33,34,35). The molecule has 1 saturated heterocycles. The van der Waals surface area contributed by atoms with Crippen LogP contribution in [-0.2, 0) is 23.9 Å². The zero-order valence-corrected chi connectivity index (χ0v) is 23.9. The molecule has 0 atom stereocenters. The summed E-state index contributed by atoms with van der Waals surface area (Å²) in [6.45, 7) is 3.09. The summed E-state index contributed by atoms with van der Waals surface area (Å²) >= 11 is 2.54. The summed E-state index contributed by atoms with van der Waals surface area (Å²) in [6, 6.07) is 3.73. The Morgan fingerprint density at radius 1 is 1.24 bits per heavy atom. The Kier molecular flexibility index (Phi) is 6.87. The van der Waals surface area contributed by atoms with Gasteiger partial charge in [0.25, 0.3) is 5.91 Å². The number of methoxy groups -OCH3 is 1. The Morgan fingerprint density at radius 3 is 2.78 bits per heavy atom. The van der Waals surface area contributed by atoms with Crippen LogP contribution in [0.3, 0.4) is 0 Å². The molecule has 1 saturated carbocycles. The quantitative estimate of drug-likeness (QED) is 0.385. The van der Waals surface area contributed by atoms with Gasteiger partial charge in [-0.1, -0.05) is 0 Å². The number of alkyl halides is 3. The van der Waals surface area contributed by atoms with Crippen LogP contribution in [0, 0.1) is 0 Å². The van der Waals surface area contributed by atoms with Crippen molar-refractivity contribution in [2.24, 2.45) is 0 Å². The van der Waals surface area contributed by atoms with Crippen molar-refractivity contribution >= 4 is 40.6 Å². The number of anilines is 2. The Hall–Kier alpha value is -2.87. The lowest BCUT2D eigenvalue weighted by Crippen LogP contribution is -2.52. The van der Waals surface area contributed by atoms with Gasteiger partial charge in [-0.25, -0.2) is 9.97 Å². The highest BCUT2D eigenvalue weighted by Crippen LogP contribution is 2.51. The van der Waals surface area contributed by atoms with Crippen LogP contribution in [0.5, 0.6) is 5.75 Å². The number of aromatic nitrogens is 2. The maximum atomic E-state index is 14.2. The van der Waals surface area contributed by atoms with E-state index in [1.165, 1.54) is 11.8 Å². The molecule has 3 aromatic rings. The van der Waals surface area contributed by atoms with Gasteiger partial charge in [0.05, 0.1) is 36.9 Å². The summed E-state index contributed by atoms with van der Waals surface area (Å²) in [4.78, 5) is 25.1. The molecule has 2 fully saturated rings. The number of rotatable bonds is 6. The molecule has 1 aliphatic carbocycles. The fourth-order valence-corrected chi connectivity index (χ4v) is 8.00. The van der Waals surface area contributed by atoms with Crippen molar-refractivity contribution in [2.45, 2.75) is 48.8 Å². The minimum atomic E-state index is -4.66. The third kappa shape index (κ3) is 4.96. The summed E-state index contributed by atoms with van der Waals surface area (Å²) < 4.78 is 53.7. The predicted octanol–water partition coefficient (Wildman–Crippen LogP) is 5.45. The molecule has 5 heterocycles. The Balaban J connectivity index is 1.29. The Morgan fingerprint density at radius 2 is 2.07 bits per heavy atom. The van der Waals surface area contributed by atoms with Gasteiger partial charge in [-0.05, 0) is 49.4 Å². The minimum absolute atomic E-state index is 0.00485. The smallest absolute Gasteiger partial charge is 0.420 e. The average molecular weight is 604 g/mol. The fourth-order valence-electron chi connectivity index (χ4n) is 5.68. The fraction of sp³-hybridized carbons (Fsp3) is 0.464. The second kappa shape index (κ2) is 10.4. The van der Waals surface area contributed by atoms with E-state index in [1.807, 2.05) is 0 Å². The largest absolute Gasteiger partial charge is 0.496 e. The lowest BCUT2D eigenvalue weighted by Gasteiger charge is -2.36. The van der Waals surface area contributed by atoms with E-state index in [-0.39, 0.29) is 28.5 Å². The highest BCUT2D eigenvalue weighted by molar-refractivity contribution is 7.99. The number of hydrogen-bond acceptors (Lipinski definition) is 9. The van der Waals surface area contributed by atoms with Gasteiger partial charge in [0.1, 0.15) is 16.2 Å². The maximum Gasteiger partial charge on any atom is 0.420 e. The van der Waals surface area contributed by atoms with Gasteiger partial charge in [0.2, 0.25) is 5.95 Å². The molecule has 0 radical (unpaired) electrons. The van der Waals surface area contributed by atoms with Crippen molar-refractivity contribution < 1.29 is 27.4 Å². The molecule has 1 amide bonds. The molecule has 2 N–H and O–H groups in total. The number of carbonyl (C=O) groups excluding carboxylic acids is 1. The van der Waals surface area contributed by atoms with Crippen molar-refractivity contribution in [2.75, 3.05) is 44.5 Å². The molecule has 0 bridgehead atoms. The first kappa shape index (κ1) is 27.0. The van der Waals surface area contributed by atoms with Crippen LogP contribution in [-0.4, -0.2) is 66.0 Å². The highest BCUT2D eigenvalue weighted by atomic mass is 32.2. The van der Waals surface area contributed by atoms with E-state index < -0.39 is 11.7 Å². The van der Waals surface area contributed by atoms with Crippen molar-refractivity contribution in [3.05, 3.63) is 45.5 Å². The monoisotopic (exact) mass is 603 g/mol. The van der Waals surface area contributed by atoms with Gasteiger partial charge in [-0.15, -0.1) is 23.1 Å². The van der Waals surface area contributed by atoms with E-state index in [1.54, 1.807) is 18.1 Å². The van der Waals surface area contributed by atoms with E-state index in [9.17, 15) is 18.0 Å². The Labute approximate surface area is 243 Å². The number of nitrogens with one attached hydrogen (secondary N) is 2. The molecule has 1 aromatic carbocycles. The molecule has 3 aliphatic heterocycles. The number of ether oxygens (including phenoxy) is 2. The second-order valence-corrected chi connectivity index (χ2v) is 12.8. The molecule has 13 heteroatoms. The van der Waals surface area contributed by atoms with Crippen LogP contribution in [0.1, 0.15) is 50.7 Å². The number of hydrogen-bond donors (Lipinski definition) is 2. The summed E-state index contributed by atoms with van der Waals surface area (Å²) in [6.07, 6.45) is -0.970. The summed E-state index contributed by atoms with van der Waals surface area (Å²) in [5.41, 5.74) is 2.88. The lowest BCUT2D eigenvalue weighted by molar-refractivity contribution is -0.137. The zero-order valence-electron chi connectivity index (χ0n) is 22.3. The summed E-state index contributed by atoms with van der Waals surface area (Å²) in [5.74, 6) is 1.70. The number of nitrogens with zero attached hydrogens (tertiary/aromatic N) is 3. The third-order valence-electron chi connectivity index (χ3n) is 7.96. The molecule has 7 rings (SSSR count). The van der Waals surface area contributed by atoms with Crippen LogP contribution >= 0.6 is 23.1 Å². The number of thiophene rings is 1. The topological polar surface area (TPSA) is 88.6 Å². The predicted molar refractivity (Wildman–Crippen MR) is 150 cm³/mol. The van der Waals surface area contributed by atoms with Crippen molar-refractivity contribution in [1.29, 1.82) is 0 Å². The van der Waals surface area contributed by atoms with Crippen LogP contribution in [0.15, 0.2) is 23.2 Å². The van der Waals surface area contributed by atoms with E-state index in [0.29, 0.717) is 47.7 Å². The normalized spacial score (nSPS) is 19.3. The van der Waals surface area contributed by atoms with Gasteiger partial charge in [0, 0.05) is 46.7 Å². The first-order valence-electron chi connectivity index (χ1n) is 13.6. The maximum absolute atomic E-state index is 14.2. The summed E-state index contributed by atoms with van der Waals surface area (Å²) in [5, 5.41) is 6.64. The van der Waals surface area contributed by atoms with Crippen molar-refractivity contribution in [1.82, 2.24) is 20.2 Å².